The highest BCUT2D eigenvalue weighted by molar-refractivity contribution is 7.97. The summed E-state index contributed by atoms with van der Waals surface area (Å²) in [7, 11) is 0.248. The van der Waals surface area contributed by atoms with Gasteiger partial charge in [0, 0.05) is 6.42 Å². The minimum Gasteiger partial charge on any atom is -1.00 e. The quantitative estimate of drug-likeness (QED) is 0.540. The van der Waals surface area contributed by atoms with Crippen LogP contribution in [-0.2, 0) is 16.5 Å². The summed E-state index contributed by atoms with van der Waals surface area (Å²) >= 11 is 0. The molecular formula is C20H29BrOS. The molecule has 2 atom stereocenters. The van der Waals surface area contributed by atoms with E-state index in [0.29, 0.717) is 5.92 Å². The van der Waals surface area contributed by atoms with Crippen molar-refractivity contribution in [2.45, 2.75) is 51.0 Å². The summed E-state index contributed by atoms with van der Waals surface area (Å²) < 4.78 is 0. The Morgan fingerprint density at radius 2 is 1.87 bits per heavy atom. The maximum absolute atomic E-state index is 11.6. The Bertz CT molecular complexity index is 478. The maximum atomic E-state index is 11.6. The molecule has 1 aromatic carbocycles. The van der Waals surface area contributed by atoms with Crippen molar-refractivity contribution in [3.63, 3.8) is 0 Å². The predicted octanol–water partition coefficient (Wildman–Crippen LogP) is 1.12. The molecule has 0 radical (unpaired) electrons. The van der Waals surface area contributed by atoms with Gasteiger partial charge in [0.2, 0.25) is 0 Å². The van der Waals surface area contributed by atoms with Crippen molar-refractivity contribution in [3.05, 3.63) is 35.9 Å². The molecule has 1 saturated carbocycles. The van der Waals surface area contributed by atoms with E-state index in [-0.39, 0.29) is 27.9 Å². The summed E-state index contributed by atoms with van der Waals surface area (Å²) in [6.07, 6.45) is 12.5. The van der Waals surface area contributed by atoms with Crippen molar-refractivity contribution in [2.24, 2.45) is 5.92 Å². The van der Waals surface area contributed by atoms with Crippen LogP contribution in [0.2, 0.25) is 0 Å². The van der Waals surface area contributed by atoms with Crippen molar-refractivity contribution in [3.8, 4) is 12.3 Å². The van der Waals surface area contributed by atoms with Gasteiger partial charge in [-0.05, 0) is 42.1 Å². The van der Waals surface area contributed by atoms with Gasteiger partial charge in [-0.15, -0.1) is 6.42 Å². The third-order valence-electron chi connectivity index (χ3n) is 5.02. The lowest BCUT2D eigenvalue weighted by atomic mass is 9.72. The molecular weight excluding hydrogens is 368 g/mol. The Morgan fingerprint density at radius 1 is 1.22 bits per heavy atom. The van der Waals surface area contributed by atoms with Gasteiger partial charge in [0.1, 0.15) is 11.5 Å². The second-order valence-electron chi connectivity index (χ2n) is 6.33. The van der Waals surface area contributed by atoms with E-state index in [1.54, 1.807) is 0 Å². The summed E-state index contributed by atoms with van der Waals surface area (Å²) in [6, 6.07) is 10.3. The fourth-order valence-corrected chi connectivity index (χ4v) is 5.10. The smallest absolute Gasteiger partial charge is 0.167 e. The first-order valence-electron chi connectivity index (χ1n) is 8.56. The number of hydrogen-bond donors (Lipinski definition) is 1. The molecule has 0 aliphatic heterocycles. The van der Waals surface area contributed by atoms with Gasteiger partial charge in [-0.1, -0.05) is 55.5 Å². The van der Waals surface area contributed by atoms with E-state index in [9.17, 15) is 5.11 Å². The Balaban J connectivity index is 0.00000264. The Morgan fingerprint density at radius 3 is 2.43 bits per heavy atom. The molecule has 0 aromatic heterocycles. The van der Waals surface area contributed by atoms with Gasteiger partial charge >= 0.3 is 0 Å². The Hall–Kier alpha value is -0.430. The highest BCUT2D eigenvalue weighted by Gasteiger charge is 2.40. The zero-order valence-electron chi connectivity index (χ0n) is 14.1. The molecule has 23 heavy (non-hydrogen) atoms. The van der Waals surface area contributed by atoms with E-state index in [1.807, 2.05) is 18.2 Å². The average molecular weight is 397 g/mol. The average Bonchev–Trinajstić information content (AvgIpc) is 2.60. The molecule has 0 heterocycles. The fraction of sp³-hybridized carbons (Fsp3) is 0.600. The number of rotatable bonds is 7. The van der Waals surface area contributed by atoms with Crippen LogP contribution in [0.25, 0.3) is 0 Å². The van der Waals surface area contributed by atoms with E-state index in [0.717, 1.165) is 42.1 Å². The Labute approximate surface area is 155 Å². The molecule has 1 N–H and O–H groups in total. The van der Waals surface area contributed by atoms with Gasteiger partial charge in [0.15, 0.2) is 5.75 Å². The lowest BCUT2D eigenvalue weighted by molar-refractivity contribution is -0.0412. The van der Waals surface area contributed by atoms with Gasteiger partial charge in [0.25, 0.3) is 0 Å². The molecule has 1 fully saturated rings. The minimum absolute atomic E-state index is 0. The fourth-order valence-electron chi connectivity index (χ4n) is 3.63. The van der Waals surface area contributed by atoms with Crippen LogP contribution >= 0.6 is 0 Å². The molecule has 1 aromatic rings. The predicted molar refractivity (Wildman–Crippen MR) is 98.0 cm³/mol. The summed E-state index contributed by atoms with van der Waals surface area (Å²) in [5, 5.41) is 11.6. The Kier molecular flexibility index (Phi) is 9.36. The van der Waals surface area contributed by atoms with Crippen LogP contribution in [0.5, 0.6) is 0 Å². The molecule has 0 spiro atoms. The van der Waals surface area contributed by atoms with Crippen LogP contribution < -0.4 is 17.0 Å². The SMILES string of the molecule is C#CC[S+](CC)CCC(O)(c1ccccc1)C1CCCCC1.[Br-]. The van der Waals surface area contributed by atoms with Crippen molar-refractivity contribution in [1.82, 2.24) is 0 Å². The summed E-state index contributed by atoms with van der Waals surface area (Å²) in [5.74, 6) is 6.23. The van der Waals surface area contributed by atoms with Gasteiger partial charge in [-0.25, -0.2) is 0 Å². The van der Waals surface area contributed by atoms with Crippen molar-refractivity contribution in [1.29, 1.82) is 0 Å². The van der Waals surface area contributed by atoms with Crippen LogP contribution in [0, 0.1) is 18.3 Å². The molecule has 1 aliphatic rings. The van der Waals surface area contributed by atoms with E-state index in [1.165, 1.54) is 19.3 Å². The number of benzene rings is 1. The second-order valence-corrected chi connectivity index (χ2v) is 8.83. The van der Waals surface area contributed by atoms with E-state index < -0.39 is 5.60 Å². The zero-order valence-corrected chi connectivity index (χ0v) is 16.5. The zero-order chi connectivity index (χ0) is 15.8. The van der Waals surface area contributed by atoms with Crippen molar-refractivity contribution in [2.75, 3.05) is 17.3 Å². The standard InChI is InChI=1S/C20H29OS.BrH/c1-3-16-22(4-2)17-15-20(21,18-11-7-5-8-12-18)19-13-9-6-10-14-19;/h1,5,7-8,11-12,19,21H,4,6,9-10,13-17H2,2H3;1H/q+1;/p-1. The summed E-state index contributed by atoms with van der Waals surface area (Å²) in [5.41, 5.74) is 0.429. The molecule has 1 nitrogen and oxygen atoms in total. The van der Waals surface area contributed by atoms with Gasteiger partial charge in [-0.3, -0.25) is 0 Å². The van der Waals surface area contributed by atoms with Crippen LogP contribution in [0.4, 0.5) is 0 Å². The molecule has 0 amide bonds. The molecule has 2 unspecified atom stereocenters. The number of aliphatic hydroxyl groups is 1. The monoisotopic (exact) mass is 396 g/mol. The third kappa shape index (κ3) is 5.55. The molecule has 1 aliphatic carbocycles. The minimum atomic E-state index is -0.670. The lowest BCUT2D eigenvalue weighted by Gasteiger charge is -2.38. The first-order valence-corrected chi connectivity index (χ1v) is 10.3. The van der Waals surface area contributed by atoms with Crippen LogP contribution in [0.3, 0.4) is 0 Å². The largest absolute Gasteiger partial charge is 1.00 e. The van der Waals surface area contributed by atoms with Crippen molar-refractivity contribution >= 4 is 10.9 Å². The van der Waals surface area contributed by atoms with E-state index >= 15 is 0 Å². The van der Waals surface area contributed by atoms with Crippen molar-refractivity contribution < 1.29 is 22.1 Å². The third-order valence-corrected chi connectivity index (χ3v) is 7.19. The van der Waals surface area contributed by atoms with Gasteiger partial charge in [-0.2, -0.15) is 0 Å². The first kappa shape index (κ1) is 20.6. The van der Waals surface area contributed by atoms with Crippen LogP contribution in [-0.4, -0.2) is 22.4 Å². The van der Waals surface area contributed by atoms with Crippen LogP contribution in [0.15, 0.2) is 30.3 Å². The molecule has 0 bridgehead atoms. The first-order chi connectivity index (χ1) is 10.7. The highest BCUT2D eigenvalue weighted by atomic mass is 79.9. The molecule has 3 heteroatoms. The maximum Gasteiger partial charge on any atom is 0.167 e. The molecule has 128 valence electrons. The van der Waals surface area contributed by atoms with Gasteiger partial charge in [0.05, 0.1) is 5.60 Å². The summed E-state index contributed by atoms with van der Waals surface area (Å²) in [4.78, 5) is 0. The second kappa shape index (κ2) is 10.4. The normalized spacial score (nSPS) is 19.2. The number of halogens is 1. The van der Waals surface area contributed by atoms with E-state index in [2.05, 4.69) is 25.0 Å². The topological polar surface area (TPSA) is 20.2 Å². The van der Waals surface area contributed by atoms with E-state index in [4.69, 9.17) is 6.42 Å². The number of hydrogen-bond acceptors (Lipinski definition) is 1. The van der Waals surface area contributed by atoms with Gasteiger partial charge < -0.3 is 22.1 Å². The number of terminal acetylenes is 1. The highest BCUT2D eigenvalue weighted by Crippen LogP contribution is 2.41. The van der Waals surface area contributed by atoms with Crippen LogP contribution in [0.1, 0.15) is 51.0 Å². The summed E-state index contributed by atoms with van der Waals surface area (Å²) in [6.45, 7) is 2.21. The molecule has 0 saturated heterocycles. The lowest BCUT2D eigenvalue weighted by Crippen LogP contribution is -3.00. The molecule has 2 rings (SSSR count).